The van der Waals surface area contributed by atoms with Crippen LogP contribution in [0.4, 0.5) is 0 Å². The summed E-state index contributed by atoms with van der Waals surface area (Å²) in [6, 6.07) is 0.773. The summed E-state index contributed by atoms with van der Waals surface area (Å²) in [5, 5.41) is 3.69. The number of hydrogen-bond donors (Lipinski definition) is 1. The summed E-state index contributed by atoms with van der Waals surface area (Å²) in [7, 11) is 0. The van der Waals surface area contributed by atoms with Crippen molar-refractivity contribution in [2.24, 2.45) is 11.8 Å². The van der Waals surface area contributed by atoms with Crippen LogP contribution in [-0.4, -0.2) is 12.6 Å². The van der Waals surface area contributed by atoms with Crippen LogP contribution in [0.25, 0.3) is 0 Å². The molecule has 0 aromatic rings. The maximum absolute atomic E-state index is 3.69. The third kappa shape index (κ3) is 5.42. The molecule has 0 aromatic heterocycles. The van der Waals surface area contributed by atoms with Crippen molar-refractivity contribution in [1.82, 2.24) is 5.32 Å². The Bertz CT molecular complexity index is 178. The standard InChI is InChI=1S/C16H33N/c1-4-13-17-16(6-3)12-11-15-10-8-7-9-14(15)5-2/h14-17H,4-13H2,1-3H3. The highest BCUT2D eigenvalue weighted by Gasteiger charge is 2.23. The highest BCUT2D eigenvalue weighted by Crippen LogP contribution is 2.35. The molecular weight excluding hydrogens is 206 g/mol. The second-order valence-corrected chi connectivity index (χ2v) is 5.85. The molecule has 1 fully saturated rings. The fraction of sp³-hybridized carbons (Fsp3) is 1.00. The minimum absolute atomic E-state index is 0.773. The van der Waals surface area contributed by atoms with Crippen molar-refractivity contribution in [3.05, 3.63) is 0 Å². The fourth-order valence-corrected chi connectivity index (χ4v) is 3.42. The van der Waals surface area contributed by atoms with E-state index in [1.807, 2.05) is 0 Å². The third-order valence-corrected chi connectivity index (χ3v) is 4.65. The van der Waals surface area contributed by atoms with E-state index in [0.717, 1.165) is 17.9 Å². The van der Waals surface area contributed by atoms with Crippen LogP contribution < -0.4 is 5.32 Å². The molecular formula is C16H33N. The Labute approximate surface area is 109 Å². The van der Waals surface area contributed by atoms with E-state index in [2.05, 4.69) is 26.1 Å². The Morgan fingerprint density at radius 3 is 2.35 bits per heavy atom. The molecule has 0 radical (unpaired) electrons. The summed E-state index contributed by atoms with van der Waals surface area (Å²) in [6.07, 6.45) is 12.8. The molecule has 1 heteroatoms. The van der Waals surface area contributed by atoms with Crippen LogP contribution in [0.5, 0.6) is 0 Å². The quantitative estimate of drug-likeness (QED) is 0.644. The molecule has 1 aliphatic rings. The number of hydrogen-bond acceptors (Lipinski definition) is 1. The van der Waals surface area contributed by atoms with Crippen LogP contribution in [0.2, 0.25) is 0 Å². The first-order valence-electron chi connectivity index (χ1n) is 8.05. The number of nitrogens with one attached hydrogen (secondary N) is 1. The molecule has 0 aliphatic heterocycles. The van der Waals surface area contributed by atoms with Gasteiger partial charge in [-0.25, -0.2) is 0 Å². The van der Waals surface area contributed by atoms with Crippen LogP contribution in [0.3, 0.4) is 0 Å². The number of rotatable bonds is 8. The second kappa shape index (κ2) is 8.97. The SMILES string of the molecule is CCCNC(CC)CCC1CCCCC1CC. The second-order valence-electron chi connectivity index (χ2n) is 5.85. The molecule has 1 saturated carbocycles. The van der Waals surface area contributed by atoms with Gasteiger partial charge in [0.1, 0.15) is 0 Å². The predicted molar refractivity (Wildman–Crippen MR) is 77.3 cm³/mol. The van der Waals surface area contributed by atoms with Crippen molar-refractivity contribution in [2.75, 3.05) is 6.54 Å². The topological polar surface area (TPSA) is 12.0 Å². The lowest BCUT2D eigenvalue weighted by atomic mass is 9.75. The van der Waals surface area contributed by atoms with E-state index in [1.54, 1.807) is 0 Å². The maximum Gasteiger partial charge on any atom is 0.00645 e. The Balaban J connectivity index is 2.26. The molecule has 1 aliphatic carbocycles. The van der Waals surface area contributed by atoms with Crippen LogP contribution in [-0.2, 0) is 0 Å². The molecule has 3 unspecified atom stereocenters. The predicted octanol–water partition coefficient (Wildman–Crippen LogP) is 4.76. The van der Waals surface area contributed by atoms with Crippen LogP contribution >= 0.6 is 0 Å². The maximum atomic E-state index is 3.69. The van der Waals surface area contributed by atoms with Gasteiger partial charge in [0.25, 0.3) is 0 Å². The van der Waals surface area contributed by atoms with E-state index in [-0.39, 0.29) is 0 Å². The Hall–Kier alpha value is -0.0400. The Kier molecular flexibility index (Phi) is 7.92. The van der Waals surface area contributed by atoms with Crippen molar-refractivity contribution in [3.63, 3.8) is 0 Å². The first-order valence-corrected chi connectivity index (χ1v) is 8.05. The van der Waals surface area contributed by atoms with E-state index in [1.165, 1.54) is 64.3 Å². The molecule has 1 nitrogen and oxygen atoms in total. The molecule has 0 amide bonds. The van der Waals surface area contributed by atoms with E-state index in [4.69, 9.17) is 0 Å². The summed E-state index contributed by atoms with van der Waals surface area (Å²) in [6.45, 7) is 8.16. The lowest BCUT2D eigenvalue weighted by Gasteiger charge is -2.32. The van der Waals surface area contributed by atoms with Gasteiger partial charge in [-0.3, -0.25) is 0 Å². The van der Waals surface area contributed by atoms with Crippen molar-refractivity contribution in [3.8, 4) is 0 Å². The molecule has 102 valence electrons. The monoisotopic (exact) mass is 239 g/mol. The molecule has 17 heavy (non-hydrogen) atoms. The molecule has 1 rings (SSSR count). The summed E-state index contributed by atoms with van der Waals surface area (Å²) in [4.78, 5) is 0. The zero-order valence-electron chi connectivity index (χ0n) is 12.3. The Morgan fingerprint density at radius 2 is 1.76 bits per heavy atom. The lowest BCUT2D eigenvalue weighted by Crippen LogP contribution is -2.30. The van der Waals surface area contributed by atoms with Gasteiger partial charge < -0.3 is 5.32 Å². The highest BCUT2D eigenvalue weighted by molar-refractivity contribution is 4.76. The third-order valence-electron chi connectivity index (χ3n) is 4.65. The van der Waals surface area contributed by atoms with Crippen LogP contribution in [0, 0.1) is 11.8 Å². The van der Waals surface area contributed by atoms with Gasteiger partial charge in [-0.15, -0.1) is 0 Å². The van der Waals surface area contributed by atoms with Crippen molar-refractivity contribution in [1.29, 1.82) is 0 Å². The van der Waals surface area contributed by atoms with Gasteiger partial charge in [-0.05, 0) is 44.1 Å². The Morgan fingerprint density at radius 1 is 1.06 bits per heavy atom. The van der Waals surface area contributed by atoms with Crippen molar-refractivity contribution < 1.29 is 0 Å². The van der Waals surface area contributed by atoms with Crippen molar-refractivity contribution in [2.45, 2.75) is 84.6 Å². The van der Waals surface area contributed by atoms with Crippen LogP contribution in [0.15, 0.2) is 0 Å². The van der Waals surface area contributed by atoms with Crippen LogP contribution in [0.1, 0.15) is 78.6 Å². The van der Waals surface area contributed by atoms with Gasteiger partial charge in [0.15, 0.2) is 0 Å². The highest BCUT2D eigenvalue weighted by atomic mass is 14.9. The first-order chi connectivity index (χ1) is 8.31. The summed E-state index contributed by atoms with van der Waals surface area (Å²) in [5.41, 5.74) is 0. The molecule has 0 aromatic carbocycles. The molecule has 0 bridgehead atoms. The van der Waals surface area contributed by atoms with Gasteiger partial charge in [0.05, 0.1) is 0 Å². The van der Waals surface area contributed by atoms with Gasteiger partial charge in [0, 0.05) is 6.04 Å². The van der Waals surface area contributed by atoms with Crippen molar-refractivity contribution >= 4 is 0 Å². The van der Waals surface area contributed by atoms with E-state index in [9.17, 15) is 0 Å². The normalized spacial score (nSPS) is 27.0. The van der Waals surface area contributed by atoms with Gasteiger partial charge in [-0.1, -0.05) is 52.9 Å². The molecule has 0 spiro atoms. The minimum atomic E-state index is 0.773. The summed E-state index contributed by atoms with van der Waals surface area (Å²) >= 11 is 0. The van der Waals surface area contributed by atoms with Gasteiger partial charge in [-0.2, -0.15) is 0 Å². The lowest BCUT2D eigenvalue weighted by molar-refractivity contribution is 0.207. The van der Waals surface area contributed by atoms with E-state index < -0.39 is 0 Å². The fourth-order valence-electron chi connectivity index (χ4n) is 3.42. The van der Waals surface area contributed by atoms with Gasteiger partial charge in [0.2, 0.25) is 0 Å². The largest absolute Gasteiger partial charge is 0.314 e. The molecule has 3 atom stereocenters. The average Bonchev–Trinajstić information content (AvgIpc) is 2.39. The molecule has 0 saturated heterocycles. The first kappa shape index (κ1) is 15.0. The molecule has 0 heterocycles. The van der Waals surface area contributed by atoms with E-state index >= 15 is 0 Å². The smallest absolute Gasteiger partial charge is 0.00645 e. The van der Waals surface area contributed by atoms with Gasteiger partial charge >= 0.3 is 0 Å². The summed E-state index contributed by atoms with van der Waals surface area (Å²) < 4.78 is 0. The van der Waals surface area contributed by atoms with E-state index in [0.29, 0.717) is 0 Å². The average molecular weight is 239 g/mol. The summed E-state index contributed by atoms with van der Waals surface area (Å²) in [5.74, 6) is 2.07. The zero-order valence-corrected chi connectivity index (χ0v) is 12.3. The molecule has 1 N–H and O–H groups in total. The minimum Gasteiger partial charge on any atom is -0.314 e. The zero-order chi connectivity index (χ0) is 12.5.